The number of sulfone groups is 1. The highest BCUT2D eigenvalue weighted by atomic mass is 32.2. The molecule has 0 unspecified atom stereocenters. The van der Waals surface area contributed by atoms with E-state index in [0.717, 1.165) is 28.6 Å². The van der Waals surface area contributed by atoms with Crippen LogP contribution in [0.15, 0.2) is 105 Å². The molecule has 1 fully saturated rings. The summed E-state index contributed by atoms with van der Waals surface area (Å²) in [5.74, 6) is -0.169. The highest BCUT2D eigenvalue weighted by Crippen LogP contribution is 2.33. The molecule has 1 amide bonds. The largest absolute Gasteiger partial charge is 0.451 e. The van der Waals surface area contributed by atoms with Crippen LogP contribution in [0.2, 0.25) is 0 Å². The van der Waals surface area contributed by atoms with Crippen LogP contribution in [0.3, 0.4) is 0 Å². The number of carbonyl (C=O) groups is 1. The van der Waals surface area contributed by atoms with E-state index in [4.69, 9.17) is 9.72 Å². The van der Waals surface area contributed by atoms with Gasteiger partial charge in [-0.1, -0.05) is 78.5 Å². The average Bonchev–Trinajstić information content (AvgIpc) is 3.49. The molecule has 2 aromatic heterocycles. The van der Waals surface area contributed by atoms with Crippen LogP contribution >= 0.6 is 11.8 Å². The van der Waals surface area contributed by atoms with Crippen LogP contribution in [0.25, 0.3) is 11.3 Å². The van der Waals surface area contributed by atoms with Crippen LogP contribution < -0.4 is 19.9 Å². The maximum Gasteiger partial charge on any atom is 0.415 e. The van der Waals surface area contributed by atoms with Gasteiger partial charge in [-0.05, 0) is 35.6 Å². The van der Waals surface area contributed by atoms with Crippen molar-refractivity contribution in [1.82, 2.24) is 15.1 Å². The lowest BCUT2D eigenvalue weighted by molar-refractivity contribution is -0.832. The Balaban J connectivity index is 1.21. The van der Waals surface area contributed by atoms with Crippen molar-refractivity contribution in [2.75, 3.05) is 29.1 Å². The molecule has 3 heterocycles. The van der Waals surface area contributed by atoms with Crippen LogP contribution in [0.1, 0.15) is 24.0 Å². The Morgan fingerprint density at radius 1 is 1.06 bits per heavy atom. The molecule has 15 heteroatoms. The van der Waals surface area contributed by atoms with Crippen molar-refractivity contribution in [3.05, 3.63) is 101 Å². The number of aryl methyl sites for hydroxylation is 1. The van der Waals surface area contributed by atoms with Crippen molar-refractivity contribution < 1.29 is 27.5 Å². The van der Waals surface area contributed by atoms with Gasteiger partial charge in [-0.3, -0.25) is 9.42 Å². The quantitative estimate of drug-likeness (QED) is 0.123. The molecule has 3 aromatic carbocycles. The fourth-order valence-electron chi connectivity index (χ4n) is 5.23. The lowest BCUT2D eigenvalue weighted by Crippen LogP contribution is -2.39. The third-order valence-corrected chi connectivity index (χ3v) is 10.2. The molecule has 6 rings (SSSR count). The number of thioether (sulfide) groups is 1. The molecular weight excluding hydrogens is 655 g/mol. The number of hydrogen-bond donors (Lipinski definition) is 1. The van der Waals surface area contributed by atoms with Gasteiger partial charge >= 0.3 is 10.9 Å². The standard InChI is InChI=1S/C33H29N7O6S2/c1-22-10-8-9-15-27(22)35-28(41)21-47-33-36-29(23-11-4-2-5-12-23)26(20-34)30(37-33)39-18-16-24(17-19-39)45-31-32(40(42)46-38-31)48(43,44)25-13-6-3-7-14-25/h2-15,24H,16-19,21H2,1H3,(H,35,41). The summed E-state index contributed by atoms with van der Waals surface area (Å²) in [6, 6.07) is 26.5. The number of hydrogen-bond acceptors (Lipinski definition) is 12. The number of anilines is 2. The van der Waals surface area contributed by atoms with E-state index >= 15 is 0 Å². The molecule has 1 saturated heterocycles. The Bertz CT molecular complexity index is 2080. The summed E-state index contributed by atoms with van der Waals surface area (Å²) in [6.07, 6.45) is 0.289. The van der Waals surface area contributed by atoms with Crippen LogP contribution in [-0.2, 0) is 14.6 Å². The van der Waals surface area contributed by atoms with E-state index in [2.05, 4.69) is 26.2 Å². The average molecular weight is 684 g/mol. The molecule has 0 saturated carbocycles. The summed E-state index contributed by atoms with van der Waals surface area (Å²) in [6.45, 7) is 2.69. The maximum atomic E-state index is 13.2. The van der Waals surface area contributed by atoms with Crippen LogP contribution in [0.5, 0.6) is 5.88 Å². The molecule has 0 bridgehead atoms. The minimum atomic E-state index is -4.26. The molecule has 244 valence electrons. The van der Waals surface area contributed by atoms with Crippen LogP contribution in [0.4, 0.5) is 11.5 Å². The normalized spacial score (nSPS) is 13.5. The van der Waals surface area contributed by atoms with Gasteiger partial charge in [-0.2, -0.15) is 5.26 Å². The van der Waals surface area contributed by atoms with Gasteiger partial charge in [-0.15, -0.1) is 0 Å². The van der Waals surface area contributed by atoms with Crippen LogP contribution in [-0.4, -0.2) is 54.4 Å². The Kier molecular flexibility index (Phi) is 9.55. The molecule has 1 aliphatic heterocycles. The van der Waals surface area contributed by atoms with Crippen molar-refractivity contribution in [2.24, 2.45) is 0 Å². The van der Waals surface area contributed by atoms with E-state index in [0.29, 0.717) is 42.6 Å². The fourth-order valence-corrected chi connectivity index (χ4v) is 7.15. The van der Waals surface area contributed by atoms with E-state index in [1.54, 1.807) is 18.2 Å². The molecule has 1 N–H and O–H groups in total. The third kappa shape index (κ3) is 6.94. The number of nitrogens with one attached hydrogen (secondary N) is 1. The maximum absolute atomic E-state index is 13.2. The highest BCUT2D eigenvalue weighted by Gasteiger charge is 2.38. The van der Waals surface area contributed by atoms with Crippen LogP contribution in [0, 0.1) is 23.5 Å². The van der Waals surface area contributed by atoms with Gasteiger partial charge in [0.1, 0.15) is 17.7 Å². The molecule has 0 atom stereocenters. The summed E-state index contributed by atoms with van der Waals surface area (Å²) in [4.78, 5) is 23.9. The number of aromatic nitrogens is 4. The van der Waals surface area contributed by atoms with E-state index in [9.17, 15) is 23.7 Å². The second kappa shape index (κ2) is 14.1. The zero-order valence-corrected chi connectivity index (χ0v) is 27.3. The van der Waals surface area contributed by atoms with E-state index in [1.807, 2.05) is 66.4 Å². The lowest BCUT2D eigenvalue weighted by atomic mass is 10.0. The summed E-state index contributed by atoms with van der Waals surface area (Å²) in [5.41, 5.74) is 3.12. The predicted octanol–water partition coefficient (Wildman–Crippen LogP) is 4.56. The second-order valence-electron chi connectivity index (χ2n) is 10.8. The monoisotopic (exact) mass is 683 g/mol. The number of nitrogens with zero attached hydrogens (tertiary/aromatic N) is 6. The van der Waals surface area contributed by atoms with E-state index in [-0.39, 0.29) is 27.0 Å². The van der Waals surface area contributed by atoms with Gasteiger partial charge in [0.2, 0.25) is 5.91 Å². The van der Waals surface area contributed by atoms with Gasteiger partial charge in [0.15, 0.2) is 11.0 Å². The lowest BCUT2D eigenvalue weighted by Gasteiger charge is -2.32. The number of ether oxygens (including phenoxy) is 1. The Morgan fingerprint density at radius 2 is 1.73 bits per heavy atom. The van der Waals surface area contributed by atoms with Crippen molar-refractivity contribution >= 4 is 39.0 Å². The molecule has 13 nitrogen and oxygen atoms in total. The Morgan fingerprint density at radius 3 is 2.42 bits per heavy atom. The number of piperidine rings is 1. The molecule has 0 aliphatic carbocycles. The zero-order valence-electron chi connectivity index (χ0n) is 25.6. The Hall–Kier alpha value is -5.46. The molecular formula is C33H29N7O6S2. The first-order valence-corrected chi connectivity index (χ1v) is 17.4. The van der Waals surface area contributed by atoms with Gasteiger partial charge in [0.05, 0.1) is 21.5 Å². The van der Waals surface area contributed by atoms with Gasteiger partial charge < -0.3 is 20.2 Å². The molecule has 48 heavy (non-hydrogen) atoms. The number of amides is 1. The zero-order chi connectivity index (χ0) is 33.7. The van der Waals surface area contributed by atoms with Gasteiger partial charge in [0, 0.05) is 37.2 Å². The van der Waals surface area contributed by atoms with E-state index in [1.165, 1.54) is 12.1 Å². The number of carbonyl (C=O) groups excluding carboxylic acids is 1. The summed E-state index contributed by atoms with van der Waals surface area (Å²) in [5, 5.41) is 28.7. The number of benzene rings is 3. The minimum Gasteiger partial charge on any atom is -0.451 e. The van der Waals surface area contributed by atoms with E-state index < -0.39 is 26.8 Å². The highest BCUT2D eigenvalue weighted by molar-refractivity contribution is 7.99. The fraction of sp³-hybridized carbons (Fsp3) is 0.212. The number of para-hydroxylation sites is 1. The van der Waals surface area contributed by atoms with Crippen molar-refractivity contribution in [3.63, 3.8) is 0 Å². The topological polar surface area (TPSA) is 178 Å². The summed E-state index contributed by atoms with van der Waals surface area (Å²) < 4.78 is 36.9. The summed E-state index contributed by atoms with van der Waals surface area (Å²) >= 11 is 1.16. The number of rotatable bonds is 10. The second-order valence-corrected chi connectivity index (χ2v) is 13.7. The molecule has 1 aliphatic rings. The smallest absolute Gasteiger partial charge is 0.415 e. The van der Waals surface area contributed by atoms with Gasteiger partial charge in [-0.25, -0.2) is 18.4 Å². The minimum absolute atomic E-state index is 0.0510. The Labute approximate surface area is 280 Å². The van der Waals surface area contributed by atoms with Gasteiger partial charge in [0.25, 0.3) is 9.84 Å². The SMILES string of the molecule is Cc1ccccc1NC(=O)CSc1nc(-c2ccccc2)c(C#N)c(N2CCC(Oc3no[n+]([O-])c3S(=O)(=O)c3ccccc3)CC2)n1. The predicted molar refractivity (Wildman–Crippen MR) is 176 cm³/mol. The van der Waals surface area contributed by atoms with Crippen molar-refractivity contribution in [3.8, 4) is 23.2 Å². The molecule has 5 aromatic rings. The summed E-state index contributed by atoms with van der Waals surface area (Å²) in [7, 11) is -4.26. The molecule has 0 spiro atoms. The number of nitriles is 1. The van der Waals surface area contributed by atoms with Crippen molar-refractivity contribution in [1.29, 1.82) is 5.26 Å². The van der Waals surface area contributed by atoms with Crippen molar-refractivity contribution in [2.45, 2.75) is 40.9 Å². The first-order valence-electron chi connectivity index (χ1n) is 14.9. The third-order valence-electron chi connectivity index (χ3n) is 7.65. The molecule has 0 radical (unpaired) electrons. The first kappa shape index (κ1) is 32.5. The first-order chi connectivity index (χ1) is 23.2.